The third-order valence-electron chi connectivity index (χ3n) is 9.62. The van der Waals surface area contributed by atoms with Gasteiger partial charge in [0.2, 0.25) is 18.1 Å². The number of nitriles is 1. The number of carbonyl (C=O) groups is 5. The highest BCUT2D eigenvalue weighted by Gasteiger charge is 2.57. The first kappa shape index (κ1) is 34.5. The molecule has 4 N–H and O–H groups in total. The molecule has 13 nitrogen and oxygen atoms in total. The summed E-state index contributed by atoms with van der Waals surface area (Å²) in [7, 11) is 0. The van der Waals surface area contributed by atoms with Crippen LogP contribution in [0.15, 0.2) is 60.7 Å². The summed E-state index contributed by atoms with van der Waals surface area (Å²) < 4.78 is 9.52. The van der Waals surface area contributed by atoms with E-state index >= 15 is 0 Å². The number of carboxylic acids is 2. The van der Waals surface area contributed by atoms with Crippen LogP contribution in [-0.4, -0.2) is 92.5 Å². The van der Waals surface area contributed by atoms with Gasteiger partial charge in [0.15, 0.2) is 0 Å². The molecule has 2 aromatic carbocycles. The molecule has 4 saturated carbocycles. The van der Waals surface area contributed by atoms with Gasteiger partial charge in [0.25, 0.3) is 0 Å². The number of aliphatic hydroxyl groups is 1. The van der Waals surface area contributed by atoms with Crippen molar-refractivity contribution < 1.29 is 48.8 Å². The number of carbonyl (C=O) groups excluding carboxylic acids is 3. The summed E-state index contributed by atoms with van der Waals surface area (Å²) >= 11 is 0. The molecule has 0 aromatic heterocycles. The average Bonchev–Trinajstić information content (AvgIpc) is 3.54. The number of benzene rings is 2. The number of aliphatic carboxylic acids is 2. The summed E-state index contributed by atoms with van der Waals surface area (Å²) in [5, 5.41) is 41.9. The quantitative estimate of drug-likeness (QED) is 0.272. The molecule has 5 aliphatic rings. The highest BCUT2D eigenvalue weighted by Crippen LogP contribution is 2.57. The van der Waals surface area contributed by atoms with Crippen LogP contribution < -0.4 is 5.32 Å². The molecule has 1 heterocycles. The normalized spacial score (nSPS) is 27.8. The summed E-state index contributed by atoms with van der Waals surface area (Å²) in [5.74, 6) is -4.35. The maximum atomic E-state index is 12.4. The van der Waals surface area contributed by atoms with Crippen molar-refractivity contribution in [3.05, 3.63) is 71.8 Å². The largest absolute Gasteiger partial charge is 0.478 e. The van der Waals surface area contributed by atoms with Crippen LogP contribution in [0.1, 0.15) is 72.1 Å². The molecular weight excluding hydrogens is 622 g/mol. The summed E-state index contributed by atoms with van der Waals surface area (Å²) in [4.78, 5) is 61.0. The van der Waals surface area contributed by atoms with E-state index in [1.54, 1.807) is 17.0 Å². The average molecular weight is 662 g/mol. The van der Waals surface area contributed by atoms with E-state index in [4.69, 9.17) is 14.7 Å². The number of ether oxygens (including phenoxy) is 2. The first-order valence-corrected chi connectivity index (χ1v) is 16.0. The Hall–Kier alpha value is -4.80. The van der Waals surface area contributed by atoms with Crippen LogP contribution in [0.5, 0.6) is 0 Å². The molecule has 7 rings (SSSR count). The lowest BCUT2D eigenvalue weighted by atomic mass is 9.51. The predicted octanol–water partition coefficient (Wildman–Crippen LogP) is 2.78. The topological polar surface area (TPSA) is 204 Å². The van der Waals surface area contributed by atoms with Gasteiger partial charge < -0.3 is 35.0 Å². The number of amides is 1. The fraction of sp³-hybridized carbons (Fsp3) is 0.486. The molecule has 5 atom stereocenters. The van der Waals surface area contributed by atoms with Crippen LogP contribution in [0.4, 0.5) is 0 Å². The lowest BCUT2D eigenvalue weighted by Gasteiger charge is -2.60. The molecule has 5 fully saturated rings. The van der Waals surface area contributed by atoms with Crippen LogP contribution in [0, 0.1) is 23.2 Å². The van der Waals surface area contributed by atoms with Gasteiger partial charge in [-0.05, 0) is 87.5 Å². The van der Waals surface area contributed by atoms with E-state index < -0.39 is 41.7 Å². The Labute approximate surface area is 277 Å². The van der Waals surface area contributed by atoms with Crippen molar-refractivity contribution in [2.45, 2.75) is 80.8 Å². The summed E-state index contributed by atoms with van der Waals surface area (Å²) in [6.45, 7) is 1.02. The number of nitrogens with zero attached hydrogens (tertiary/aromatic N) is 2. The summed E-state index contributed by atoms with van der Waals surface area (Å²) in [5.41, 5.74) is -0.492. The van der Waals surface area contributed by atoms with Crippen LogP contribution in [0.3, 0.4) is 0 Å². The van der Waals surface area contributed by atoms with Gasteiger partial charge in [-0.15, -0.1) is 0 Å². The first-order chi connectivity index (χ1) is 22.9. The van der Waals surface area contributed by atoms with E-state index in [-0.39, 0.29) is 28.6 Å². The minimum absolute atomic E-state index is 0.0253. The van der Waals surface area contributed by atoms with Crippen LogP contribution in [0.2, 0.25) is 0 Å². The second-order valence-electron chi connectivity index (χ2n) is 13.3. The third-order valence-corrected chi connectivity index (χ3v) is 9.62. The second-order valence-corrected chi connectivity index (χ2v) is 13.3. The zero-order valence-electron chi connectivity index (χ0n) is 26.3. The van der Waals surface area contributed by atoms with Gasteiger partial charge >= 0.3 is 23.9 Å². The van der Waals surface area contributed by atoms with Gasteiger partial charge in [0.1, 0.15) is 6.04 Å². The Balaban J connectivity index is 0.000000190. The lowest BCUT2D eigenvalue weighted by Crippen LogP contribution is -2.65. The Morgan fingerprint density at radius 3 is 1.79 bits per heavy atom. The molecule has 13 heteroatoms. The maximum Gasteiger partial charge on any atom is 0.349 e. The lowest BCUT2D eigenvalue weighted by molar-refractivity contribution is -0.166. The fourth-order valence-corrected chi connectivity index (χ4v) is 7.98. The van der Waals surface area contributed by atoms with Crippen molar-refractivity contribution in [3.63, 3.8) is 0 Å². The molecule has 2 aromatic rings. The molecule has 48 heavy (non-hydrogen) atoms. The molecule has 254 valence electrons. The van der Waals surface area contributed by atoms with Gasteiger partial charge in [-0.3, -0.25) is 4.79 Å². The van der Waals surface area contributed by atoms with Crippen LogP contribution in [0.25, 0.3) is 0 Å². The Morgan fingerprint density at radius 2 is 1.35 bits per heavy atom. The number of carboxylic acid groups (broad SMARTS) is 2. The van der Waals surface area contributed by atoms with Crippen molar-refractivity contribution >= 4 is 29.8 Å². The number of esters is 2. The van der Waals surface area contributed by atoms with Gasteiger partial charge in [0.05, 0.1) is 29.3 Å². The SMILES string of the molecule is N#C[C@@H]1CCCN1C(=O)CNC12CC3CC(CC(O)(C3)C1)C2.O=C(O[C@@H](C(=O)O)[C@@H](OC(=O)c1ccccc1)C(=O)O)c1ccccc1. The smallest absolute Gasteiger partial charge is 0.349 e. The van der Waals surface area contributed by atoms with Crippen molar-refractivity contribution in [2.75, 3.05) is 13.1 Å². The second kappa shape index (κ2) is 14.5. The van der Waals surface area contributed by atoms with E-state index in [2.05, 4.69) is 11.4 Å². The first-order valence-electron chi connectivity index (χ1n) is 16.0. The number of hydrogen-bond donors (Lipinski definition) is 4. The molecule has 4 aliphatic carbocycles. The highest BCUT2D eigenvalue weighted by atomic mass is 16.6. The summed E-state index contributed by atoms with van der Waals surface area (Å²) in [6.07, 6.45) is 3.44. The van der Waals surface area contributed by atoms with Crippen molar-refractivity contribution in [2.24, 2.45) is 11.8 Å². The Morgan fingerprint density at radius 1 is 0.854 bits per heavy atom. The number of hydrogen-bond acceptors (Lipinski definition) is 10. The minimum Gasteiger partial charge on any atom is -0.478 e. The molecular formula is C35H39N3O10. The van der Waals surface area contributed by atoms with E-state index in [0.717, 1.165) is 44.9 Å². The zero-order chi connectivity index (χ0) is 34.5. The molecule has 2 unspecified atom stereocenters. The molecule has 0 radical (unpaired) electrons. The standard InChI is InChI=1S/C18H14O8.C17H25N3O2/c19-15(20)13(25-17(23)11-7-3-1-4-8-11)14(16(21)22)26-18(24)12-9-5-2-6-10-12;18-9-14-2-1-3-20(14)15(21)10-19-16-5-12-4-13(6-16)8-17(22,7-12)11-16/h1-10,13-14H,(H,19,20)(H,21,22);12-14,19,22H,1-8,10-11H2/t13-,14-;12?,13?,14-,16?,17?/m10/s1. The van der Waals surface area contributed by atoms with Crippen molar-refractivity contribution in [1.29, 1.82) is 5.26 Å². The fourth-order valence-electron chi connectivity index (χ4n) is 7.98. The summed E-state index contributed by atoms with van der Waals surface area (Å²) in [6, 6.07) is 16.8. The Kier molecular flexibility index (Phi) is 10.5. The molecule has 1 aliphatic heterocycles. The van der Waals surface area contributed by atoms with Crippen LogP contribution in [-0.2, 0) is 23.9 Å². The highest BCUT2D eigenvalue weighted by molar-refractivity contribution is 5.95. The maximum absolute atomic E-state index is 12.4. The minimum atomic E-state index is -2.21. The molecule has 1 saturated heterocycles. The van der Waals surface area contributed by atoms with E-state index in [1.807, 2.05) is 0 Å². The van der Waals surface area contributed by atoms with Gasteiger partial charge in [-0.2, -0.15) is 5.26 Å². The monoisotopic (exact) mass is 661 g/mol. The van der Waals surface area contributed by atoms with E-state index in [1.165, 1.54) is 55.0 Å². The van der Waals surface area contributed by atoms with Crippen molar-refractivity contribution in [1.82, 2.24) is 10.2 Å². The van der Waals surface area contributed by atoms with Crippen LogP contribution >= 0.6 is 0 Å². The number of nitrogens with one attached hydrogen (secondary N) is 1. The third kappa shape index (κ3) is 8.00. The zero-order valence-corrected chi connectivity index (χ0v) is 26.3. The van der Waals surface area contributed by atoms with Gasteiger partial charge in [0, 0.05) is 12.1 Å². The molecule has 4 bridgehead atoms. The van der Waals surface area contributed by atoms with E-state index in [0.29, 0.717) is 24.9 Å². The molecule has 1 amide bonds. The van der Waals surface area contributed by atoms with E-state index in [9.17, 15) is 39.3 Å². The Bertz CT molecular complexity index is 1480. The van der Waals surface area contributed by atoms with Gasteiger partial charge in [-0.25, -0.2) is 19.2 Å². The number of rotatable bonds is 10. The predicted molar refractivity (Wildman–Crippen MR) is 167 cm³/mol. The van der Waals surface area contributed by atoms with Crippen molar-refractivity contribution in [3.8, 4) is 6.07 Å². The molecule has 0 spiro atoms. The van der Waals surface area contributed by atoms with Gasteiger partial charge in [-0.1, -0.05) is 36.4 Å². The number of likely N-dealkylation sites (tertiary alicyclic amines) is 1.